The second kappa shape index (κ2) is 5.12. The molecule has 3 N–H and O–H groups in total. The molecule has 2 heterocycles. The number of nitrogens with one attached hydrogen (secondary N) is 1. The van der Waals surface area contributed by atoms with Gasteiger partial charge in [0, 0.05) is 19.8 Å². The lowest BCUT2D eigenvalue weighted by atomic mass is 9.90. The Morgan fingerprint density at radius 2 is 2.00 bits per heavy atom. The topological polar surface area (TPSA) is 73.6 Å². The van der Waals surface area contributed by atoms with E-state index in [9.17, 15) is 4.79 Å². The van der Waals surface area contributed by atoms with E-state index in [4.69, 9.17) is 15.2 Å². The van der Waals surface area contributed by atoms with E-state index in [0.29, 0.717) is 32.7 Å². The third-order valence-electron chi connectivity index (χ3n) is 3.33. The first-order valence-corrected chi connectivity index (χ1v) is 5.96. The van der Waals surface area contributed by atoms with Gasteiger partial charge in [-0.1, -0.05) is 0 Å². The molecule has 0 aromatic heterocycles. The number of carbonyl (C=O) groups is 1. The van der Waals surface area contributed by atoms with Gasteiger partial charge in [0.1, 0.15) is 0 Å². The average Bonchev–Trinajstić information content (AvgIpc) is 2.31. The first-order valence-electron chi connectivity index (χ1n) is 5.96. The molecule has 92 valence electrons. The van der Waals surface area contributed by atoms with E-state index in [1.54, 1.807) is 0 Å². The van der Waals surface area contributed by atoms with Gasteiger partial charge in [0.15, 0.2) is 0 Å². The van der Waals surface area contributed by atoms with Crippen LogP contribution in [0.1, 0.15) is 25.7 Å². The summed E-state index contributed by atoms with van der Waals surface area (Å²) in [6, 6.07) is 0.129. The smallest absolute Gasteiger partial charge is 0.240 e. The molecule has 16 heavy (non-hydrogen) atoms. The molecule has 0 bridgehead atoms. The zero-order valence-electron chi connectivity index (χ0n) is 9.54. The van der Waals surface area contributed by atoms with Gasteiger partial charge in [0.2, 0.25) is 5.91 Å². The minimum atomic E-state index is -0.740. The Kier molecular flexibility index (Phi) is 3.78. The number of hydrogen-bond acceptors (Lipinski definition) is 4. The Bertz CT molecular complexity index is 246. The lowest BCUT2D eigenvalue weighted by Gasteiger charge is -2.34. The van der Waals surface area contributed by atoms with Gasteiger partial charge in [-0.05, 0) is 25.7 Å². The Morgan fingerprint density at radius 3 is 2.62 bits per heavy atom. The molecule has 2 rings (SSSR count). The first kappa shape index (κ1) is 11.8. The quantitative estimate of drug-likeness (QED) is 0.686. The summed E-state index contributed by atoms with van der Waals surface area (Å²) in [4.78, 5) is 12.0. The largest absolute Gasteiger partial charge is 0.381 e. The highest BCUT2D eigenvalue weighted by atomic mass is 16.5. The SMILES string of the molecule is NC1(C(=O)NC2CCCOC2)CCOCC1. The van der Waals surface area contributed by atoms with Gasteiger partial charge in [-0.15, -0.1) is 0 Å². The van der Waals surface area contributed by atoms with Crippen molar-refractivity contribution < 1.29 is 14.3 Å². The molecule has 2 aliphatic rings. The predicted octanol–water partition coefficient (Wildman–Crippen LogP) is -0.211. The van der Waals surface area contributed by atoms with E-state index in [0.717, 1.165) is 19.4 Å². The number of ether oxygens (including phenoxy) is 2. The lowest BCUT2D eigenvalue weighted by Crippen LogP contribution is -2.59. The van der Waals surface area contributed by atoms with Crippen LogP contribution in [0.3, 0.4) is 0 Å². The van der Waals surface area contributed by atoms with Crippen LogP contribution in [0.2, 0.25) is 0 Å². The third-order valence-corrected chi connectivity index (χ3v) is 3.33. The fraction of sp³-hybridized carbons (Fsp3) is 0.909. The summed E-state index contributed by atoms with van der Waals surface area (Å²) in [5.41, 5.74) is 5.35. The van der Waals surface area contributed by atoms with Crippen LogP contribution in [0.5, 0.6) is 0 Å². The normalized spacial score (nSPS) is 29.7. The molecule has 0 saturated carbocycles. The van der Waals surface area contributed by atoms with Crippen LogP contribution in [-0.2, 0) is 14.3 Å². The number of hydrogen-bond donors (Lipinski definition) is 2. The molecule has 2 aliphatic heterocycles. The van der Waals surface area contributed by atoms with Crippen molar-refractivity contribution in [3.63, 3.8) is 0 Å². The zero-order chi connectivity index (χ0) is 11.4. The highest BCUT2D eigenvalue weighted by molar-refractivity contribution is 5.86. The summed E-state index contributed by atoms with van der Waals surface area (Å²) in [5, 5.41) is 2.98. The minimum absolute atomic E-state index is 0.0497. The van der Waals surface area contributed by atoms with Gasteiger partial charge in [-0.2, -0.15) is 0 Å². The van der Waals surface area contributed by atoms with Crippen molar-refractivity contribution in [2.24, 2.45) is 5.73 Å². The second-order valence-electron chi connectivity index (χ2n) is 4.66. The van der Waals surface area contributed by atoms with Crippen molar-refractivity contribution in [1.29, 1.82) is 0 Å². The molecule has 0 aromatic rings. The van der Waals surface area contributed by atoms with Crippen molar-refractivity contribution in [1.82, 2.24) is 5.32 Å². The van der Waals surface area contributed by atoms with Crippen molar-refractivity contribution in [2.45, 2.75) is 37.3 Å². The van der Waals surface area contributed by atoms with Crippen LogP contribution in [-0.4, -0.2) is 43.9 Å². The van der Waals surface area contributed by atoms with Gasteiger partial charge < -0.3 is 20.5 Å². The highest BCUT2D eigenvalue weighted by Crippen LogP contribution is 2.18. The zero-order valence-corrected chi connectivity index (χ0v) is 9.54. The summed E-state index contributed by atoms with van der Waals surface area (Å²) in [6.45, 7) is 2.56. The summed E-state index contributed by atoms with van der Waals surface area (Å²) in [5.74, 6) is -0.0497. The average molecular weight is 228 g/mol. The second-order valence-corrected chi connectivity index (χ2v) is 4.66. The molecule has 5 heteroatoms. The van der Waals surface area contributed by atoms with Gasteiger partial charge >= 0.3 is 0 Å². The summed E-state index contributed by atoms with van der Waals surface area (Å²) in [7, 11) is 0. The minimum Gasteiger partial charge on any atom is -0.381 e. The molecule has 2 saturated heterocycles. The molecule has 1 amide bonds. The van der Waals surface area contributed by atoms with Crippen LogP contribution >= 0.6 is 0 Å². The molecule has 1 atom stereocenters. The fourth-order valence-corrected chi connectivity index (χ4v) is 2.15. The predicted molar refractivity (Wildman–Crippen MR) is 59.0 cm³/mol. The maximum Gasteiger partial charge on any atom is 0.240 e. The molecule has 0 aromatic carbocycles. The number of carbonyl (C=O) groups excluding carboxylic acids is 1. The van der Waals surface area contributed by atoms with E-state index < -0.39 is 5.54 Å². The highest BCUT2D eigenvalue weighted by Gasteiger charge is 2.36. The van der Waals surface area contributed by atoms with E-state index in [1.807, 2.05) is 0 Å². The van der Waals surface area contributed by atoms with Crippen molar-refractivity contribution >= 4 is 5.91 Å². The summed E-state index contributed by atoms with van der Waals surface area (Å²) in [6.07, 6.45) is 3.20. The first-order chi connectivity index (χ1) is 7.71. The standard InChI is InChI=1S/C11H20N2O3/c12-11(3-6-15-7-4-11)10(14)13-9-2-1-5-16-8-9/h9H,1-8,12H2,(H,13,14). The molecular weight excluding hydrogens is 208 g/mol. The number of nitrogens with two attached hydrogens (primary N) is 1. The van der Waals surface area contributed by atoms with Crippen molar-refractivity contribution in [3.05, 3.63) is 0 Å². The van der Waals surface area contributed by atoms with E-state index >= 15 is 0 Å². The molecule has 2 fully saturated rings. The van der Waals surface area contributed by atoms with Crippen LogP contribution in [0, 0.1) is 0 Å². The van der Waals surface area contributed by atoms with Gasteiger partial charge in [-0.3, -0.25) is 4.79 Å². The Morgan fingerprint density at radius 1 is 1.25 bits per heavy atom. The number of amides is 1. The summed E-state index contributed by atoms with van der Waals surface area (Å²) >= 11 is 0. The Labute approximate surface area is 95.7 Å². The summed E-state index contributed by atoms with van der Waals surface area (Å²) < 4.78 is 10.5. The van der Waals surface area contributed by atoms with Gasteiger partial charge in [-0.25, -0.2) is 0 Å². The molecular formula is C11H20N2O3. The van der Waals surface area contributed by atoms with Crippen LogP contribution in [0.15, 0.2) is 0 Å². The lowest BCUT2D eigenvalue weighted by molar-refractivity contribution is -0.131. The number of rotatable bonds is 2. The Hall–Kier alpha value is -0.650. The molecule has 0 aliphatic carbocycles. The molecule has 0 spiro atoms. The van der Waals surface area contributed by atoms with Crippen molar-refractivity contribution in [3.8, 4) is 0 Å². The fourth-order valence-electron chi connectivity index (χ4n) is 2.15. The van der Waals surface area contributed by atoms with E-state index in [1.165, 1.54) is 0 Å². The van der Waals surface area contributed by atoms with Crippen LogP contribution < -0.4 is 11.1 Å². The molecule has 5 nitrogen and oxygen atoms in total. The van der Waals surface area contributed by atoms with Gasteiger partial charge in [0.25, 0.3) is 0 Å². The third kappa shape index (κ3) is 2.72. The molecule has 0 radical (unpaired) electrons. The Balaban J connectivity index is 1.85. The van der Waals surface area contributed by atoms with Crippen LogP contribution in [0.4, 0.5) is 0 Å². The van der Waals surface area contributed by atoms with Crippen LogP contribution in [0.25, 0.3) is 0 Å². The monoisotopic (exact) mass is 228 g/mol. The van der Waals surface area contributed by atoms with Gasteiger partial charge in [0.05, 0.1) is 18.2 Å². The molecule has 1 unspecified atom stereocenters. The van der Waals surface area contributed by atoms with E-state index in [-0.39, 0.29) is 11.9 Å². The maximum absolute atomic E-state index is 12.0. The maximum atomic E-state index is 12.0. The van der Waals surface area contributed by atoms with E-state index in [2.05, 4.69) is 5.32 Å². The van der Waals surface area contributed by atoms with Crippen molar-refractivity contribution in [2.75, 3.05) is 26.4 Å².